The normalized spacial score (nSPS) is 13.5. The molecule has 0 saturated heterocycles. The van der Waals surface area contributed by atoms with E-state index >= 15 is 0 Å². The first-order chi connectivity index (χ1) is 6.93. The predicted molar refractivity (Wildman–Crippen MR) is 63.8 cm³/mol. The van der Waals surface area contributed by atoms with Gasteiger partial charge in [-0.2, -0.15) is 5.10 Å². The third kappa shape index (κ3) is 2.81. The van der Waals surface area contributed by atoms with E-state index < -0.39 is 0 Å². The van der Waals surface area contributed by atoms with Crippen molar-refractivity contribution in [3.8, 4) is 0 Å². The largest absolute Gasteiger partial charge is 0.324 e. The first-order valence-corrected chi connectivity index (χ1v) is 5.73. The van der Waals surface area contributed by atoms with E-state index in [1.807, 2.05) is 13.8 Å². The second-order valence-corrected chi connectivity index (χ2v) is 4.78. The van der Waals surface area contributed by atoms with Crippen molar-refractivity contribution in [3.05, 3.63) is 17.0 Å². The molecule has 1 unspecified atom stereocenters. The van der Waals surface area contributed by atoms with Crippen molar-refractivity contribution in [1.82, 2.24) is 9.78 Å². The fourth-order valence-electron chi connectivity index (χ4n) is 1.97. The van der Waals surface area contributed by atoms with Crippen molar-refractivity contribution < 1.29 is 0 Å². The SMILES string of the molecule is Cc1nn(CCC(C)C)c(C)c1C(C)N. The molecular formula is C12H23N3. The van der Waals surface area contributed by atoms with Crippen LogP contribution in [-0.4, -0.2) is 9.78 Å². The first-order valence-electron chi connectivity index (χ1n) is 5.73. The van der Waals surface area contributed by atoms with Crippen molar-refractivity contribution in [1.29, 1.82) is 0 Å². The Hall–Kier alpha value is -0.830. The lowest BCUT2D eigenvalue weighted by atomic mass is 10.1. The lowest BCUT2D eigenvalue weighted by molar-refractivity contribution is 0.478. The van der Waals surface area contributed by atoms with Gasteiger partial charge in [-0.25, -0.2) is 0 Å². The zero-order valence-corrected chi connectivity index (χ0v) is 10.5. The molecular weight excluding hydrogens is 186 g/mol. The molecule has 1 aromatic rings. The predicted octanol–water partition coefficient (Wildman–Crippen LogP) is 2.57. The molecule has 2 N–H and O–H groups in total. The minimum Gasteiger partial charge on any atom is -0.324 e. The molecule has 0 spiro atoms. The Bertz CT molecular complexity index is 324. The van der Waals surface area contributed by atoms with Crippen LogP contribution in [0.2, 0.25) is 0 Å². The minimum absolute atomic E-state index is 0.0813. The molecule has 3 nitrogen and oxygen atoms in total. The third-order valence-corrected chi connectivity index (χ3v) is 2.81. The van der Waals surface area contributed by atoms with Gasteiger partial charge in [0, 0.05) is 23.8 Å². The summed E-state index contributed by atoms with van der Waals surface area (Å²) in [6.45, 7) is 11.6. The number of rotatable bonds is 4. The number of nitrogens with two attached hydrogens (primary N) is 1. The summed E-state index contributed by atoms with van der Waals surface area (Å²) in [7, 11) is 0. The molecule has 0 aliphatic heterocycles. The topological polar surface area (TPSA) is 43.8 Å². The van der Waals surface area contributed by atoms with Crippen LogP contribution in [0.3, 0.4) is 0 Å². The third-order valence-electron chi connectivity index (χ3n) is 2.81. The summed E-state index contributed by atoms with van der Waals surface area (Å²) in [5, 5.41) is 4.54. The minimum atomic E-state index is 0.0813. The Morgan fingerprint density at radius 2 is 1.87 bits per heavy atom. The average molecular weight is 209 g/mol. The second-order valence-electron chi connectivity index (χ2n) is 4.78. The highest BCUT2D eigenvalue weighted by atomic mass is 15.3. The van der Waals surface area contributed by atoms with Crippen LogP contribution in [0.4, 0.5) is 0 Å². The Morgan fingerprint density at radius 3 is 2.27 bits per heavy atom. The fraction of sp³-hybridized carbons (Fsp3) is 0.750. The summed E-state index contributed by atoms with van der Waals surface area (Å²) < 4.78 is 2.09. The van der Waals surface area contributed by atoms with Crippen LogP contribution in [0.1, 0.15) is 50.2 Å². The summed E-state index contributed by atoms with van der Waals surface area (Å²) in [4.78, 5) is 0. The Labute approximate surface area is 92.7 Å². The summed E-state index contributed by atoms with van der Waals surface area (Å²) in [5.74, 6) is 0.715. The molecule has 0 bridgehead atoms. The van der Waals surface area contributed by atoms with Crippen molar-refractivity contribution in [2.75, 3.05) is 0 Å². The van der Waals surface area contributed by atoms with Gasteiger partial charge < -0.3 is 5.73 Å². The smallest absolute Gasteiger partial charge is 0.0644 e. The van der Waals surface area contributed by atoms with Crippen molar-refractivity contribution in [2.24, 2.45) is 11.7 Å². The molecule has 0 aliphatic carbocycles. The van der Waals surface area contributed by atoms with E-state index in [9.17, 15) is 0 Å². The number of aryl methyl sites for hydroxylation is 2. The summed E-state index contributed by atoms with van der Waals surface area (Å²) >= 11 is 0. The zero-order valence-electron chi connectivity index (χ0n) is 10.5. The molecule has 86 valence electrons. The molecule has 0 fully saturated rings. The van der Waals surface area contributed by atoms with Gasteiger partial charge in [0.25, 0.3) is 0 Å². The molecule has 0 radical (unpaired) electrons. The molecule has 1 rings (SSSR count). The number of nitrogens with zero attached hydrogens (tertiary/aromatic N) is 2. The van der Waals surface area contributed by atoms with Crippen LogP contribution in [-0.2, 0) is 6.54 Å². The fourth-order valence-corrected chi connectivity index (χ4v) is 1.97. The first kappa shape index (κ1) is 12.2. The van der Waals surface area contributed by atoms with E-state index in [1.54, 1.807) is 0 Å². The molecule has 3 heteroatoms. The molecule has 1 atom stereocenters. The maximum Gasteiger partial charge on any atom is 0.0644 e. The molecule has 1 heterocycles. The zero-order chi connectivity index (χ0) is 11.6. The van der Waals surface area contributed by atoms with Crippen LogP contribution < -0.4 is 5.73 Å². The van der Waals surface area contributed by atoms with Crippen LogP contribution >= 0.6 is 0 Å². The van der Waals surface area contributed by atoms with Gasteiger partial charge in [0.2, 0.25) is 0 Å². The quantitative estimate of drug-likeness (QED) is 0.828. The van der Waals surface area contributed by atoms with Gasteiger partial charge in [-0.05, 0) is 33.1 Å². The van der Waals surface area contributed by atoms with Crippen LogP contribution in [0, 0.1) is 19.8 Å². The highest BCUT2D eigenvalue weighted by Crippen LogP contribution is 2.19. The highest BCUT2D eigenvalue weighted by Gasteiger charge is 2.14. The van der Waals surface area contributed by atoms with E-state index in [-0.39, 0.29) is 6.04 Å². The van der Waals surface area contributed by atoms with Gasteiger partial charge in [-0.3, -0.25) is 4.68 Å². The van der Waals surface area contributed by atoms with E-state index in [4.69, 9.17) is 5.73 Å². The van der Waals surface area contributed by atoms with Crippen molar-refractivity contribution >= 4 is 0 Å². The van der Waals surface area contributed by atoms with Crippen molar-refractivity contribution in [2.45, 2.75) is 53.6 Å². The maximum atomic E-state index is 5.93. The van der Waals surface area contributed by atoms with Gasteiger partial charge in [0.05, 0.1) is 5.69 Å². The van der Waals surface area contributed by atoms with Gasteiger partial charge in [-0.15, -0.1) is 0 Å². The van der Waals surface area contributed by atoms with Gasteiger partial charge in [0.15, 0.2) is 0 Å². The van der Waals surface area contributed by atoms with E-state index in [2.05, 4.69) is 30.6 Å². The number of hydrogen-bond acceptors (Lipinski definition) is 2. The maximum absolute atomic E-state index is 5.93. The lowest BCUT2D eigenvalue weighted by Crippen LogP contribution is -2.09. The Kier molecular flexibility index (Phi) is 3.91. The summed E-state index contributed by atoms with van der Waals surface area (Å²) in [6, 6.07) is 0.0813. The molecule has 0 saturated carbocycles. The van der Waals surface area contributed by atoms with E-state index in [0.717, 1.165) is 12.2 Å². The van der Waals surface area contributed by atoms with Crippen LogP contribution in [0.5, 0.6) is 0 Å². The number of aromatic nitrogens is 2. The van der Waals surface area contributed by atoms with Gasteiger partial charge in [-0.1, -0.05) is 13.8 Å². The molecule has 0 amide bonds. The summed E-state index contributed by atoms with van der Waals surface area (Å²) in [6.07, 6.45) is 1.17. The van der Waals surface area contributed by atoms with Crippen LogP contribution in [0.25, 0.3) is 0 Å². The lowest BCUT2D eigenvalue weighted by Gasteiger charge is -2.08. The Balaban J connectivity index is 2.87. The number of hydrogen-bond donors (Lipinski definition) is 1. The standard InChI is InChI=1S/C12H23N3/c1-8(2)6-7-15-11(5)12(9(3)13)10(4)14-15/h8-9H,6-7,13H2,1-5H3. The summed E-state index contributed by atoms with van der Waals surface area (Å²) in [5.41, 5.74) is 9.44. The molecule has 0 aromatic carbocycles. The monoisotopic (exact) mass is 209 g/mol. The van der Waals surface area contributed by atoms with Crippen LogP contribution in [0.15, 0.2) is 0 Å². The van der Waals surface area contributed by atoms with E-state index in [1.165, 1.54) is 17.7 Å². The van der Waals surface area contributed by atoms with Gasteiger partial charge >= 0.3 is 0 Å². The second kappa shape index (κ2) is 4.79. The highest BCUT2D eigenvalue weighted by molar-refractivity contribution is 5.27. The molecule has 15 heavy (non-hydrogen) atoms. The van der Waals surface area contributed by atoms with E-state index in [0.29, 0.717) is 5.92 Å². The molecule has 0 aliphatic rings. The Morgan fingerprint density at radius 1 is 1.27 bits per heavy atom. The molecule has 1 aromatic heterocycles. The van der Waals surface area contributed by atoms with Gasteiger partial charge in [0.1, 0.15) is 0 Å². The van der Waals surface area contributed by atoms with Crippen molar-refractivity contribution in [3.63, 3.8) is 0 Å². The average Bonchev–Trinajstić information content (AvgIpc) is 2.37.